The van der Waals surface area contributed by atoms with Crippen molar-refractivity contribution in [2.45, 2.75) is 44.7 Å². The van der Waals surface area contributed by atoms with Crippen LogP contribution < -0.4 is 5.32 Å². The highest BCUT2D eigenvalue weighted by atomic mass is 16.5. The highest BCUT2D eigenvalue weighted by molar-refractivity contribution is 5.90. The van der Waals surface area contributed by atoms with Gasteiger partial charge in [0.05, 0.1) is 25.1 Å². The number of hydrogen-bond acceptors (Lipinski definition) is 5. The summed E-state index contributed by atoms with van der Waals surface area (Å²) in [5, 5.41) is 17.1. The van der Waals surface area contributed by atoms with Crippen LogP contribution in [0, 0.1) is 0 Å². The Kier molecular flexibility index (Phi) is 4.77. The van der Waals surface area contributed by atoms with Gasteiger partial charge in [0.25, 0.3) is 0 Å². The molecule has 1 aromatic heterocycles. The van der Waals surface area contributed by atoms with Gasteiger partial charge >= 0.3 is 5.97 Å². The summed E-state index contributed by atoms with van der Waals surface area (Å²) in [4.78, 5) is 11.9. The van der Waals surface area contributed by atoms with E-state index in [-0.39, 0.29) is 18.1 Å². The van der Waals surface area contributed by atoms with E-state index in [1.807, 2.05) is 0 Å². The predicted octanol–water partition coefficient (Wildman–Crippen LogP) is 0.991. The van der Waals surface area contributed by atoms with Gasteiger partial charge in [-0.3, -0.25) is 4.68 Å². The van der Waals surface area contributed by atoms with Crippen LogP contribution in [0.4, 0.5) is 0 Å². The van der Waals surface area contributed by atoms with E-state index in [9.17, 15) is 9.90 Å². The number of esters is 1. The Hall–Kier alpha value is -1.40. The molecule has 1 heterocycles. The molecule has 1 saturated carbocycles. The van der Waals surface area contributed by atoms with Crippen LogP contribution in [0.25, 0.3) is 0 Å². The molecule has 0 atom stereocenters. The molecule has 1 aromatic rings. The number of rotatable bonds is 6. The molecule has 1 fully saturated rings. The minimum Gasteiger partial charge on any atom is -0.462 e. The number of nitrogens with zero attached hydrogens (tertiary/aromatic N) is 2. The topological polar surface area (TPSA) is 76.4 Å². The Balaban J connectivity index is 2.09. The van der Waals surface area contributed by atoms with E-state index >= 15 is 0 Å². The van der Waals surface area contributed by atoms with Gasteiger partial charge in [0.1, 0.15) is 5.56 Å². The van der Waals surface area contributed by atoms with E-state index in [0.29, 0.717) is 18.7 Å². The number of aryl methyl sites for hydroxylation is 1. The molecule has 1 aliphatic rings. The Labute approximate surface area is 119 Å². The summed E-state index contributed by atoms with van der Waals surface area (Å²) >= 11 is 0. The molecule has 2 rings (SSSR count). The molecule has 0 saturated heterocycles. The average molecular weight is 281 g/mol. The van der Waals surface area contributed by atoms with Gasteiger partial charge in [-0.05, 0) is 19.8 Å². The largest absolute Gasteiger partial charge is 0.462 e. The molecular formula is C14H23N3O3. The highest BCUT2D eigenvalue weighted by Crippen LogP contribution is 2.29. The van der Waals surface area contributed by atoms with Gasteiger partial charge in [-0.2, -0.15) is 5.10 Å². The van der Waals surface area contributed by atoms with Crippen molar-refractivity contribution < 1.29 is 14.6 Å². The van der Waals surface area contributed by atoms with Crippen molar-refractivity contribution in [1.29, 1.82) is 0 Å². The Morgan fingerprint density at radius 2 is 2.25 bits per heavy atom. The van der Waals surface area contributed by atoms with Crippen molar-refractivity contribution in [1.82, 2.24) is 15.1 Å². The number of aromatic nitrogens is 2. The second-order valence-corrected chi connectivity index (χ2v) is 5.35. The second kappa shape index (κ2) is 6.37. The van der Waals surface area contributed by atoms with Gasteiger partial charge < -0.3 is 15.2 Å². The van der Waals surface area contributed by atoms with Gasteiger partial charge in [-0.15, -0.1) is 0 Å². The summed E-state index contributed by atoms with van der Waals surface area (Å²) in [6, 6.07) is 0. The summed E-state index contributed by atoms with van der Waals surface area (Å²) in [5.41, 5.74) is 1.08. The third-order valence-electron chi connectivity index (χ3n) is 4.05. The SMILES string of the molecule is CCOC(=O)c1cnn(C)c1CNC1(CO)CCCC1. The summed E-state index contributed by atoms with van der Waals surface area (Å²) in [6.07, 6.45) is 5.73. The average Bonchev–Trinajstić information content (AvgIpc) is 3.04. The van der Waals surface area contributed by atoms with Crippen LogP contribution in [0.3, 0.4) is 0 Å². The number of carbonyl (C=O) groups excluding carboxylic acids is 1. The second-order valence-electron chi connectivity index (χ2n) is 5.35. The molecule has 112 valence electrons. The van der Waals surface area contributed by atoms with E-state index in [0.717, 1.165) is 31.4 Å². The van der Waals surface area contributed by atoms with E-state index in [1.54, 1.807) is 18.7 Å². The summed E-state index contributed by atoms with van der Waals surface area (Å²) in [7, 11) is 1.81. The first-order valence-electron chi connectivity index (χ1n) is 7.16. The zero-order valence-electron chi connectivity index (χ0n) is 12.2. The van der Waals surface area contributed by atoms with Crippen molar-refractivity contribution in [3.05, 3.63) is 17.5 Å². The normalized spacial score (nSPS) is 17.4. The molecule has 6 heteroatoms. The minimum atomic E-state index is -0.345. The van der Waals surface area contributed by atoms with E-state index in [2.05, 4.69) is 10.4 Å². The van der Waals surface area contributed by atoms with E-state index < -0.39 is 0 Å². The molecule has 0 radical (unpaired) electrons. The van der Waals surface area contributed by atoms with E-state index in [1.165, 1.54) is 6.20 Å². The van der Waals surface area contributed by atoms with Crippen molar-refractivity contribution in [3.8, 4) is 0 Å². The van der Waals surface area contributed by atoms with Crippen LogP contribution in [0.1, 0.15) is 48.7 Å². The first-order chi connectivity index (χ1) is 9.62. The van der Waals surface area contributed by atoms with Gasteiger partial charge in [-0.1, -0.05) is 12.8 Å². The van der Waals surface area contributed by atoms with Crippen LogP contribution in [-0.2, 0) is 18.3 Å². The molecule has 0 spiro atoms. The minimum absolute atomic E-state index is 0.125. The molecule has 2 N–H and O–H groups in total. The molecule has 0 amide bonds. The van der Waals surface area contributed by atoms with Gasteiger partial charge in [0, 0.05) is 19.1 Å². The molecular weight excluding hydrogens is 258 g/mol. The molecule has 1 aliphatic carbocycles. The van der Waals surface area contributed by atoms with Crippen LogP contribution >= 0.6 is 0 Å². The van der Waals surface area contributed by atoms with Crippen LogP contribution in [0.5, 0.6) is 0 Å². The van der Waals surface area contributed by atoms with Crippen molar-refractivity contribution in [3.63, 3.8) is 0 Å². The third-order valence-corrected chi connectivity index (χ3v) is 4.05. The van der Waals surface area contributed by atoms with Crippen LogP contribution in [0.15, 0.2) is 6.20 Å². The maximum absolute atomic E-state index is 11.9. The number of nitrogens with one attached hydrogen (secondary N) is 1. The molecule has 0 unspecified atom stereocenters. The predicted molar refractivity (Wildman–Crippen MR) is 74.3 cm³/mol. The first kappa shape index (κ1) is 15.0. The lowest BCUT2D eigenvalue weighted by Gasteiger charge is -2.28. The zero-order chi connectivity index (χ0) is 14.6. The van der Waals surface area contributed by atoms with Gasteiger partial charge in [0.2, 0.25) is 0 Å². The molecule has 0 bridgehead atoms. The number of carbonyl (C=O) groups is 1. The first-order valence-corrected chi connectivity index (χ1v) is 7.16. The number of ether oxygens (including phenoxy) is 1. The third kappa shape index (κ3) is 3.02. The molecule has 0 aliphatic heterocycles. The molecule has 0 aromatic carbocycles. The Bertz CT molecular complexity index is 464. The maximum Gasteiger partial charge on any atom is 0.341 e. The standard InChI is InChI=1S/C14H23N3O3/c1-3-20-13(19)11-8-16-17(2)12(11)9-15-14(10-18)6-4-5-7-14/h8,15,18H,3-7,9-10H2,1-2H3. The van der Waals surface area contributed by atoms with Crippen LogP contribution in [0.2, 0.25) is 0 Å². The number of aliphatic hydroxyl groups excluding tert-OH is 1. The Morgan fingerprint density at radius 3 is 2.85 bits per heavy atom. The van der Waals surface area contributed by atoms with Crippen molar-refractivity contribution in [2.75, 3.05) is 13.2 Å². The fraction of sp³-hybridized carbons (Fsp3) is 0.714. The molecule has 20 heavy (non-hydrogen) atoms. The van der Waals surface area contributed by atoms with E-state index in [4.69, 9.17) is 4.74 Å². The maximum atomic E-state index is 11.9. The number of hydrogen-bond donors (Lipinski definition) is 2. The summed E-state index contributed by atoms with van der Waals surface area (Å²) < 4.78 is 6.72. The van der Waals surface area contributed by atoms with Gasteiger partial charge in [0.15, 0.2) is 0 Å². The fourth-order valence-electron chi connectivity index (χ4n) is 2.77. The number of aliphatic hydroxyl groups is 1. The lowest BCUT2D eigenvalue weighted by Crippen LogP contribution is -2.46. The monoisotopic (exact) mass is 281 g/mol. The summed E-state index contributed by atoms with van der Waals surface area (Å²) in [6.45, 7) is 2.76. The quantitative estimate of drug-likeness (QED) is 0.761. The highest BCUT2D eigenvalue weighted by Gasteiger charge is 2.33. The Morgan fingerprint density at radius 1 is 1.55 bits per heavy atom. The lowest BCUT2D eigenvalue weighted by atomic mass is 9.98. The lowest BCUT2D eigenvalue weighted by molar-refractivity contribution is 0.0524. The molecule has 6 nitrogen and oxygen atoms in total. The van der Waals surface area contributed by atoms with Crippen molar-refractivity contribution in [2.24, 2.45) is 7.05 Å². The zero-order valence-corrected chi connectivity index (χ0v) is 12.2. The smallest absolute Gasteiger partial charge is 0.341 e. The van der Waals surface area contributed by atoms with Gasteiger partial charge in [-0.25, -0.2) is 4.79 Å². The van der Waals surface area contributed by atoms with Crippen LogP contribution in [-0.4, -0.2) is 39.6 Å². The van der Waals surface area contributed by atoms with Crippen molar-refractivity contribution >= 4 is 5.97 Å². The fourth-order valence-corrected chi connectivity index (χ4v) is 2.77. The summed E-state index contributed by atoms with van der Waals surface area (Å²) in [5.74, 6) is -0.345.